The van der Waals surface area contributed by atoms with E-state index in [0.29, 0.717) is 28.8 Å². The predicted molar refractivity (Wildman–Crippen MR) is 99.4 cm³/mol. The minimum atomic E-state index is 0.454. The maximum atomic E-state index is 6.05. The number of hydrogen-bond acceptors (Lipinski definition) is 5. The molecule has 2 N–H and O–H groups in total. The van der Waals surface area contributed by atoms with E-state index >= 15 is 0 Å². The first kappa shape index (κ1) is 17.2. The monoisotopic (exact) mass is 379 g/mol. The second-order valence-corrected chi connectivity index (χ2v) is 6.99. The van der Waals surface area contributed by atoms with E-state index in [-0.39, 0.29) is 0 Å². The zero-order valence-corrected chi connectivity index (χ0v) is 15.3. The summed E-state index contributed by atoms with van der Waals surface area (Å²) in [5.74, 6) is 1.37. The van der Waals surface area contributed by atoms with Crippen molar-refractivity contribution in [3.8, 4) is 22.8 Å². The van der Waals surface area contributed by atoms with Gasteiger partial charge >= 0.3 is 0 Å². The number of nitrogens with two attached hydrogens (primary N) is 1. The van der Waals surface area contributed by atoms with Crippen molar-refractivity contribution in [3.63, 3.8) is 0 Å². The Morgan fingerprint density at radius 3 is 2.62 bits per heavy atom. The molecule has 0 bridgehead atoms. The summed E-state index contributed by atoms with van der Waals surface area (Å²) in [6.07, 6.45) is 0.696. The lowest BCUT2D eigenvalue weighted by molar-refractivity contribution is 0.476. The zero-order valence-electron chi connectivity index (χ0n) is 12.9. The molecule has 0 atom stereocenters. The minimum Gasteiger partial charge on any atom is -0.457 e. The van der Waals surface area contributed by atoms with E-state index < -0.39 is 0 Å². The summed E-state index contributed by atoms with van der Waals surface area (Å²) in [5, 5.41) is 5.13. The molecule has 0 radical (unpaired) electrons. The number of rotatable bonds is 5. The smallest absolute Gasteiger partial charge is 0.130 e. The van der Waals surface area contributed by atoms with Crippen LogP contribution in [0.15, 0.2) is 36.4 Å². The van der Waals surface area contributed by atoms with E-state index in [9.17, 15) is 0 Å². The van der Waals surface area contributed by atoms with Gasteiger partial charge in [0, 0.05) is 11.6 Å². The third-order valence-electron chi connectivity index (χ3n) is 3.52. The fourth-order valence-corrected chi connectivity index (χ4v) is 3.12. The minimum absolute atomic E-state index is 0.454. The lowest BCUT2D eigenvalue weighted by atomic mass is 10.0. The average molecular weight is 380 g/mol. The molecular formula is C17H15Cl2N3OS. The molecule has 7 heteroatoms. The standard InChI is InChI=1S/C17H15Cl2N3OS/c1-10-17(21-22-24-10)12-2-5-16(11(8-12)6-7-20)23-13-3-4-14(18)15(19)9-13/h2-5,8-9H,6-7,20H2,1H3. The molecule has 0 amide bonds. The predicted octanol–water partition coefficient (Wildman–Crippen LogP) is 5.11. The van der Waals surface area contributed by atoms with E-state index in [1.165, 1.54) is 11.5 Å². The molecule has 1 aromatic heterocycles. The van der Waals surface area contributed by atoms with Crippen LogP contribution in [0.2, 0.25) is 10.0 Å². The lowest BCUT2D eigenvalue weighted by Gasteiger charge is -2.13. The summed E-state index contributed by atoms with van der Waals surface area (Å²) in [5.41, 5.74) is 8.65. The molecule has 0 aliphatic carbocycles. The Bertz CT molecular complexity index is 867. The van der Waals surface area contributed by atoms with Crippen LogP contribution in [0.3, 0.4) is 0 Å². The summed E-state index contributed by atoms with van der Waals surface area (Å²) in [6.45, 7) is 2.53. The summed E-state index contributed by atoms with van der Waals surface area (Å²) in [7, 11) is 0. The fraction of sp³-hybridized carbons (Fsp3) is 0.176. The lowest BCUT2D eigenvalue weighted by Crippen LogP contribution is -2.04. The van der Waals surface area contributed by atoms with Crippen molar-refractivity contribution in [3.05, 3.63) is 56.9 Å². The van der Waals surface area contributed by atoms with E-state index in [4.69, 9.17) is 33.7 Å². The molecular weight excluding hydrogens is 365 g/mol. The zero-order chi connectivity index (χ0) is 17.1. The van der Waals surface area contributed by atoms with Gasteiger partial charge in [-0.05, 0) is 67.3 Å². The Morgan fingerprint density at radius 1 is 1.12 bits per heavy atom. The van der Waals surface area contributed by atoms with Gasteiger partial charge in [0.1, 0.15) is 17.2 Å². The van der Waals surface area contributed by atoms with E-state index in [1.807, 2.05) is 25.1 Å². The molecule has 0 aliphatic rings. The van der Waals surface area contributed by atoms with E-state index in [2.05, 4.69) is 9.59 Å². The summed E-state index contributed by atoms with van der Waals surface area (Å²) in [6, 6.07) is 11.1. The third-order valence-corrected chi connectivity index (χ3v) is 4.89. The van der Waals surface area contributed by atoms with Crippen molar-refractivity contribution < 1.29 is 4.74 Å². The molecule has 3 rings (SSSR count). The van der Waals surface area contributed by atoms with E-state index in [1.54, 1.807) is 18.2 Å². The second-order valence-electron chi connectivity index (χ2n) is 5.22. The Labute approximate surface area is 154 Å². The Hall–Kier alpha value is -1.66. The maximum absolute atomic E-state index is 6.05. The van der Waals surface area contributed by atoms with Crippen LogP contribution < -0.4 is 10.5 Å². The largest absolute Gasteiger partial charge is 0.457 e. The second kappa shape index (κ2) is 7.49. The summed E-state index contributed by atoms with van der Waals surface area (Å²) < 4.78 is 9.96. The van der Waals surface area contributed by atoms with Crippen LogP contribution >= 0.6 is 34.7 Å². The van der Waals surface area contributed by atoms with Crippen LogP contribution in [-0.4, -0.2) is 16.1 Å². The third kappa shape index (κ3) is 3.70. The van der Waals surface area contributed by atoms with Gasteiger partial charge in [0.25, 0.3) is 0 Å². The molecule has 124 valence electrons. The topological polar surface area (TPSA) is 61.0 Å². The molecule has 0 unspecified atom stereocenters. The molecule has 1 heterocycles. The Morgan fingerprint density at radius 2 is 1.96 bits per heavy atom. The van der Waals surface area contributed by atoms with Gasteiger partial charge in [-0.3, -0.25) is 0 Å². The number of aryl methyl sites for hydroxylation is 1. The van der Waals surface area contributed by atoms with Gasteiger partial charge in [-0.15, -0.1) is 5.10 Å². The van der Waals surface area contributed by atoms with Crippen molar-refractivity contribution in [2.75, 3.05) is 6.54 Å². The SMILES string of the molecule is Cc1snnc1-c1ccc(Oc2ccc(Cl)c(Cl)c2)c(CCN)c1. The normalized spacial score (nSPS) is 10.8. The highest BCUT2D eigenvalue weighted by molar-refractivity contribution is 7.05. The number of halogens is 2. The highest BCUT2D eigenvalue weighted by atomic mass is 35.5. The van der Waals surface area contributed by atoms with Crippen molar-refractivity contribution >= 4 is 34.7 Å². The Kier molecular flexibility index (Phi) is 5.36. The van der Waals surface area contributed by atoms with Gasteiger partial charge < -0.3 is 10.5 Å². The summed E-state index contributed by atoms with van der Waals surface area (Å²) >= 11 is 13.4. The molecule has 24 heavy (non-hydrogen) atoms. The number of hydrogen-bond donors (Lipinski definition) is 1. The molecule has 0 fully saturated rings. The van der Waals surface area contributed by atoms with Crippen LogP contribution in [-0.2, 0) is 6.42 Å². The van der Waals surface area contributed by atoms with Gasteiger partial charge in [-0.1, -0.05) is 27.7 Å². The van der Waals surface area contributed by atoms with Gasteiger partial charge in [-0.2, -0.15) is 0 Å². The first-order chi connectivity index (χ1) is 11.6. The molecule has 0 saturated heterocycles. The van der Waals surface area contributed by atoms with Gasteiger partial charge in [0.15, 0.2) is 0 Å². The highest BCUT2D eigenvalue weighted by Gasteiger charge is 2.12. The Balaban J connectivity index is 1.95. The molecule has 4 nitrogen and oxygen atoms in total. The quantitative estimate of drug-likeness (QED) is 0.668. The van der Waals surface area contributed by atoms with Gasteiger partial charge in [0.2, 0.25) is 0 Å². The highest BCUT2D eigenvalue weighted by Crippen LogP contribution is 2.33. The molecule has 3 aromatic rings. The fourth-order valence-electron chi connectivity index (χ4n) is 2.34. The van der Waals surface area contributed by atoms with Crippen LogP contribution in [0.25, 0.3) is 11.3 Å². The van der Waals surface area contributed by atoms with Crippen LogP contribution in [0.1, 0.15) is 10.4 Å². The van der Waals surface area contributed by atoms with Crippen LogP contribution in [0.5, 0.6) is 11.5 Å². The molecule has 0 spiro atoms. The number of aromatic nitrogens is 2. The molecule has 0 saturated carbocycles. The summed E-state index contributed by atoms with van der Waals surface area (Å²) in [4.78, 5) is 1.08. The number of benzene rings is 2. The van der Waals surface area contributed by atoms with Crippen molar-refractivity contribution in [2.24, 2.45) is 5.73 Å². The van der Waals surface area contributed by atoms with Crippen molar-refractivity contribution in [1.29, 1.82) is 0 Å². The van der Waals surface area contributed by atoms with Crippen LogP contribution in [0, 0.1) is 6.92 Å². The van der Waals surface area contributed by atoms with Crippen molar-refractivity contribution in [1.82, 2.24) is 9.59 Å². The molecule has 2 aromatic carbocycles. The van der Waals surface area contributed by atoms with Gasteiger partial charge in [0.05, 0.1) is 14.9 Å². The number of nitrogens with zero attached hydrogens (tertiary/aromatic N) is 2. The first-order valence-electron chi connectivity index (χ1n) is 7.33. The first-order valence-corrected chi connectivity index (χ1v) is 8.86. The average Bonchev–Trinajstić information content (AvgIpc) is 2.99. The van der Waals surface area contributed by atoms with E-state index in [0.717, 1.165) is 27.4 Å². The maximum Gasteiger partial charge on any atom is 0.130 e. The van der Waals surface area contributed by atoms with Crippen molar-refractivity contribution in [2.45, 2.75) is 13.3 Å². The number of ether oxygens (including phenoxy) is 1. The molecule has 0 aliphatic heterocycles. The van der Waals surface area contributed by atoms with Gasteiger partial charge in [-0.25, -0.2) is 0 Å². The van der Waals surface area contributed by atoms with Crippen LogP contribution in [0.4, 0.5) is 0 Å².